The largest absolute Gasteiger partial charge is 0.442 e. The van der Waals surface area contributed by atoms with Crippen LogP contribution in [0, 0.1) is 6.92 Å². The number of fused-ring (bicyclic) bond motifs is 1. The first-order valence-corrected chi connectivity index (χ1v) is 10.0. The van der Waals surface area contributed by atoms with Crippen LogP contribution in [0.25, 0.3) is 21.3 Å². The van der Waals surface area contributed by atoms with Gasteiger partial charge in [-0.15, -0.1) is 11.3 Å². The van der Waals surface area contributed by atoms with E-state index in [1.54, 1.807) is 23.7 Å². The molecule has 0 amide bonds. The molecule has 7 nitrogen and oxygen atoms in total. The van der Waals surface area contributed by atoms with Crippen molar-refractivity contribution in [2.45, 2.75) is 33.3 Å². The number of anilines is 2. The SMILES string of the molecule is Cc1nc(Nc2ccc(-c3cnn(C(=O)OC(C)(C)C)c3)cc2)c2sccc2n1. The van der Waals surface area contributed by atoms with Crippen LogP contribution in [0.2, 0.25) is 0 Å². The molecule has 1 aromatic carbocycles. The van der Waals surface area contributed by atoms with Gasteiger partial charge in [-0.1, -0.05) is 12.1 Å². The Kier molecular flexibility index (Phi) is 4.79. The number of aryl methyl sites for hydroxylation is 1. The minimum Gasteiger partial charge on any atom is -0.442 e. The van der Waals surface area contributed by atoms with E-state index in [-0.39, 0.29) is 0 Å². The highest BCUT2D eigenvalue weighted by Crippen LogP contribution is 2.29. The van der Waals surface area contributed by atoms with Crippen LogP contribution in [0.1, 0.15) is 26.6 Å². The van der Waals surface area contributed by atoms with Crippen molar-refractivity contribution in [1.82, 2.24) is 19.7 Å². The lowest BCUT2D eigenvalue weighted by atomic mass is 10.1. The second-order valence-electron chi connectivity index (χ2n) is 7.61. The number of rotatable bonds is 3. The fourth-order valence-electron chi connectivity index (χ4n) is 2.83. The highest BCUT2D eigenvalue weighted by molar-refractivity contribution is 7.17. The number of benzene rings is 1. The van der Waals surface area contributed by atoms with Crippen LogP contribution in [0.4, 0.5) is 16.3 Å². The first-order valence-electron chi connectivity index (χ1n) is 9.16. The van der Waals surface area contributed by atoms with Crippen LogP contribution < -0.4 is 5.32 Å². The van der Waals surface area contributed by atoms with Gasteiger partial charge in [0.2, 0.25) is 0 Å². The Morgan fingerprint density at radius 1 is 1.10 bits per heavy atom. The monoisotopic (exact) mass is 407 g/mol. The zero-order valence-electron chi connectivity index (χ0n) is 16.6. The summed E-state index contributed by atoms with van der Waals surface area (Å²) >= 11 is 1.61. The zero-order valence-corrected chi connectivity index (χ0v) is 17.4. The molecule has 148 valence electrons. The molecule has 0 saturated heterocycles. The van der Waals surface area contributed by atoms with Crippen molar-refractivity contribution in [2.24, 2.45) is 0 Å². The summed E-state index contributed by atoms with van der Waals surface area (Å²) < 4.78 is 7.58. The van der Waals surface area contributed by atoms with E-state index in [2.05, 4.69) is 20.4 Å². The topological polar surface area (TPSA) is 81.9 Å². The second-order valence-corrected chi connectivity index (χ2v) is 8.53. The minimum atomic E-state index is -0.566. The van der Waals surface area contributed by atoms with Crippen LogP contribution >= 0.6 is 11.3 Å². The Morgan fingerprint density at radius 2 is 1.86 bits per heavy atom. The second kappa shape index (κ2) is 7.29. The van der Waals surface area contributed by atoms with Gasteiger partial charge in [0.15, 0.2) is 5.82 Å². The molecule has 0 aliphatic rings. The Balaban J connectivity index is 1.53. The molecule has 8 heteroatoms. The summed E-state index contributed by atoms with van der Waals surface area (Å²) in [5, 5.41) is 9.49. The molecule has 0 saturated carbocycles. The summed E-state index contributed by atoms with van der Waals surface area (Å²) in [4.78, 5) is 21.1. The number of thiophene rings is 1. The van der Waals surface area contributed by atoms with Gasteiger partial charge in [0.05, 0.1) is 16.4 Å². The van der Waals surface area contributed by atoms with Crippen molar-refractivity contribution in [1.29, 1.82) is 0 Å². The van der Waals surface area contributed by atoms with Crippen LogP contribution in [-0.4, -0.2) is 31.4 Å². The summed E-state index contributed by atoms with van der Waals surface area (Å²) in [6, 6.07) is 9.87. The first-order chi connectivity index (χ1) is 13.8. The molecule has 0 atom stereocenters. The summed E-state index contributed by atoms with van der Waals surface area (Å²) in [5.74, 6) is 1.53. The Morgan fingerprint density at radius 3 is 2.59 bits per heavy atom. The highest BCUT2D eigenvalue weighted by Gasteiger charge is 2.18. The van der Waals surface area contributed by atoms with E-state index in [0.29, 0.717) is 0 Å². The van der Waals surface area contributed by atoms with Crippen molar-refractivity contribution >= 4 is 39.2 Å². The van der Waals surface area contributed by atoms with Gasteiger partial charge in [0.25, 0.3) is 0 Å². The number of nitrogens with zero attached hydrogens (tertiary/aromatic N) is 4. The predicted octanol–water partition coefficient (Wildman–Crippen LogP) is 5.39. The molecule has 29 heavy (non-hydrogen) atoms. The molecule has 0 fully saturated rings. The summed E-state index contributed by atoms with van der Waals surface area (Å²) in [6.07, 6.45) is 2.82. The van der Waals surface area contributed by atoms with Crippen molar-refractivity contribution in [3.63, 3.8) is 0 Å². The molecule has 0 bridgehead atoms. The molecule has 0 radical (unpaired) electrons. The van der Waals surface area contributed by atoms with Crippen molar-refractivity contribution in [2.75, 3.05) is 5.32 Å². The lowest BCUT2D eigenvalue weighted by molar-refractivity contribution is 0.0514. The molecule has 3 aromatic heterocycles. The van der Waals surface area contributed by atoms with Crippen LogP contribution in [0.15, 0.2) is 48.1 Å². The van der Waals surface area contributed by atoms with E-state index < -0.39 is 11.7 Å². The van der Waals surface area contributed by atoms with Crippen molar-refractivity contribution in [3.05, 3.63) is 53.9 Å². The van der Waals surface area contributed by atoms with E-state index >= 15 is 0 Å². The molecule has 0 spiro atoms. The Labute approximate surface area is 172 Å². The summed E-state index contributed by atoms with van der Waals surface area (Å²) in [6.45, 7) is 7.35. The van der Waals surface area contributed by atoms with Gasteiger partial charge in [0.1, 0.15) is 11.4 Å². The fraction of sp³-hybridized carbons (Fsp3) is 0.238. The fourth-order valence-corrected chi connectivity index (χ4v) is 3.60. The third-order valence-electron chi connectivity index (χ3n) is 4.06. The predicted molar refractivity (Wildman–Crippen MR) is 115 cm³/mol. The van der Waals surface area contributed by atoms with Crippen LogP contribution in [0.5, 0.6) is 0 Å². The van der Waals surface area contributed by atoms with E-state index in [1.807, 2.05) is 63.4 Å². The zero-order chi connectivity index (χ0) is 20.6. The summed E-state index contributed by atoms with van der Waals surface area (Å²) in [5.41, 5.74) is 3.08. The molecule has 1 N–H and O–H groups in total. The van der Waals surface area contributed by atoms with Gasteiger partial charge in [-0.3, -0.25) is 0 Å². The molecule has 0 unspecified atom stereocenters. The van der Waals surface area contributed by atoms with Gasteiger partial charge in [-0.25, -0.2) is 14.8 Å². The maximum absolute atomic E-state index is 12.1. The maximum Gasteiger partial charge on any atom is 0.435 e. The Hall–Kier alpha value is -3.26. The number of carbonyl (C=O) groups is 1. The average Bonchev–Trinajstić information content (AvgIpc) is 3.30. The van der Waals surface area contributed by atoms with Gasteiger partial charge >= 0.3 is 6.09 Å². The standard InChI is InChI=1S/C21H21N5O2S/c1-13-23-17-9-10-29-18(17)19(24-13)25-16-7-5-14(6-8-16)15-11-22-26(12-15)20(27)28-21(2,3)4/h5-12H,1-4H3,(H,23,24,25). The number of carbonyl (C=O) groups excluding carboxylic acids is 1. The number of hydrogen-bond donors (Lipinski definition) is 1. The first kappa shape index (κ1) is 19.1. The van der Waals surface area contributed by atoms with Crippen LogP contribution in [0.3, 0.4) is 0 Å². The quantitative estimate of drug-likeness (QED) is 0.490. The molecule has 4 aromatic rings. The number of ether oxygens (including phenoxy) is 1. The van der Waals surface area contributed by atoms with E-state index in [1.165, 1.54) is 4.68 Å². The molecular formula is C21H21N5O2S. The summed E-state index contributed by atoms with van der Waals surface area (Å²) in [7, 11) is 0. The van der Waals surface area contributed by atoms with Crippen LogP contribution in [-0.2, 0) is 4.74 Å². The molecule has 0 aliphatic carbocycles. The molecule has 3 heterocycles. The normalized spacial score (nSPS) is 11.6. The average molecular weight is 407 g/mol. The van der Waals surface area contributed by atoms with Gasteiger partial charge < -0.3 is 10.1 Å². The van der Waals surface area contributed by atoms with Gasteiger partial charge in [-0.2, -0.15) is 9.78 Å². The van der Waals surface area contributed by atoms with E-state index in [0.717, 1.165) is 38.7 Å². The third-order valence-corrected chi connectivity index (χ3v) is 4.97. The molecular weight excluding hydrogens is 386 g/mol. The number of aromatic nitrogens is 4. The lowest BCUT2D eigenvalue weighted by Gasteiger charge is -2.18. The van der Waals surface area contributed by atoms with E-state index in [4.69, 9.17) is 4.74 Å². The number of hydrogen-bond acceptors (Lipinski definition) is 7. The third kappa shape index (κ3) is 4.27. The lowest BCUT2D eigenvalue weighted by Crippen LogP contribution is -2.27. The molecule has 0 aliphatic heterocycles. The van der Waals surface area contributed by atoms with Gasteiger partial charge in [-0.05, 0) is 56.8 Å². The Bertz CT molecular complexity index is 1170. The van der Waals surface area contributed by atoms with Gasteiger partial charge in [0, 0.05) is 17.4 Å². The highest BCUT2D eigenvalue weighted by atomic mass is 32.1. The smallest absolute Gasteiger partial charge is 0.435 e. The van der Waals surface area contributed by atoms with E-state index in [9.17, 15) is 4.79 Å². The minimum absolute atomic E-state index is 0.499. The van der Waals surface area contributed by atoms with Crippen molar-refractivity contribution in [3.8, 4) is 11.1 Å². The number of nitrogens with one attached hydrogen (secondary N) is 1. The molecule has 4 rings (SSSR count). The van der Waals surface area contributed by atoms with Crippen molar-refractivity contribution < 1.29 is 9.53 Å². The maximum atomic E-state index is 12.1.